The summed E-state index contributed by atoms with van der Waals surface area (Å²) in [5.41, 5.74) is 1.33. The molecule has 0 bridgehead atoms. The average Bonchev–Trinajstić information content (AvgIpc) is 2.38. The van der Waals surface area contributed by atoms with Gasteiger partial charge < -0.3 is 5.32 Å². The van der Waals surface area contributed by atoms with Crippen LogP contribution in [0.3, 0.4) is 0 Å². The molecule has 20 heavy (non-hydrogen) atoms. The molecule has 1 saturated heterocycles. The molecule has 0 saturated carbocycles. The number of nitriles is 1. The normalized spacial score (nSPS) is 18.2. The smallest absolute Gasteiger partial charge is 0.238 e. The van der Waals surface area contributed by atoms with Crippen molar-refractivity contribution in [3.05, 3.63) is 29.8 Å². The quantitative estimate of drug-likeness (QED) is 0.928. The number of benzene rings is 1. The third kappa shape index (κ3) is 4.26. The maximum atomic E-state index is 12.0. The van der Waals surface area contributed by atoms with Gasteiger partial charge in [0.25, 0.3) is 0 Å². The first-order chi connectivity index (χ1) is 9.48. The average molecular weight is 289 g/mol. The second-order valence-electron chi connectivity index (χ2n) is 5.56. The van der Waals surface area contributed by atoms with Gasteiger partial charge in [0.1, 0.15) is 0 Å². The lowest BCUT2D eigenvalue weighted by Crippen LogP contribution is -2.46. The first kappa shape index (κ1) is 14.9. The first-order valence-corrected chi connectivity index (χ1v) is 7.63. The largest absolute Gasteiger partial charge is 0.325 e. The molecule has 0 spiro atoms. The van der Waals surface area contributed by atoms with Crippen molar-refractivity contribution in [2.24, 2.45) is 0 Å². The fourth-order valence-electron chi connectivity index (χ4n) is 2.28. The van der Waals surface area contributed by atoms with Gasteiger partial charge in [-0.05, 0) is 38.1 Å². The Morgan fingerprint density at radius 2 is 2.15 bits per heavy atom. The van der Waals surface area contributed by atoms with E-state index >= 15 is 0 Å². The van der Waals surface area contributed by atoms with Crippen LogP contribution in [0.5, 0.6) is 0 Å². The highest BCUT2D eigenvalue weighted by Gasteiger charge is 2.27. The summed E-state index contributed by atoms with van der Waals surface area (Å²) in [5, 5.41) is 11.6. The van der Waals surface area contributed by atoms with E-state index < -0.39 is 0 Å². The Bertz CT molecular complexity index is 519. The van der Waals surface area contributed by atoms with Gasteiger partial charge in [-0.15, -0.1) is 0 Å². The summed E-state index contributed by atoms with van der Waals surface area (Å²) < 4.78 is 0.215. The molecule has 1 aromatic rings. The van der Waals surface area contributed by atoms with E-state index in [1.165, 1.54) is 0 Å². The molecule has 2 rings (SSSR count). The molecule has 1 heterocycles. The van der Waals surface area contributed by atoms with Gasteiger partial charge in [0.2, 0.25) is 5.91 Å². The first-order valence-electron chi connectivity index (χ1n) is 6.65. The van der Waals surface area contributed by atoms with Crippen LogP contribution in [0.15, 0.2) is 24.3 Å². The third-order valence-corrected chi connectivity index (χ3v) is 4.47. The van der Waals surface area contributed by atoms with Crippen LogP contribution in [0.1, 0.15) is 19.4 Å². The van der Waals surface area contributed by atoms with E-state index in [4.69, 9.17) is 5.26 Å². The van der Waals surface area contributed by atoms with Crippen molar-refractivity contribution in [1.82, 2.24) is 4.90 Å². The number of thioether (sulfide) groups is 1. The van der Waals surface area contributed by atoms with Gasteiger partial charge in [0.15, 0.2) is 0 Å². The van der Waals surface area contributed by atoms with Gasteiger partial charge in [0.05, 0.1) is 18.2 Å². The molecular weight excluding hydrogens is 270 g/mol. The Labute approximate surface area is 124 Å². The fraction of sp³-hybridized carbons (Fsp3) is 0.467. The zero-order chi connectivity index (χ0) is 14.6. The van der Waals surface area contributed by atoms with E-state index in [1.807, 2.05) is 11.8 Å². The van der Waals surface area contributed by atoms with Crippen molar-refractivity contribution in [3.63, 3.8) is 0 Å². The van der Waals surface area contributed by atoms with Gasteiger partial charge in [-0.2, -0.15) is 17.0 Å². The number of nitrogens with one attached hydrogen (secondary N) is 1. The summed E-state index contributed by atoms with van der Waals surface area (Å²) in [6, 6.07) is 8.98. The minimum Gasteiger partial charge on any atom is -0.325 e. The number of hydrogen-bond donors (Lipinski definition) is 1. The topological polar surface area (TPSA) is 56.1 Å². The summed E-state index contributed by atoms with van der Waals surface area (Å²) in [5.74, 6) is 1.06. The number of nitrogens with zero attached hydrogens (tertiary/aromatic N) is 2. The standard InChI is InChI=1S/C15H19N3OS/c1-15(2)11-18(7-8-20-15)10-14(19)17-13-5-3-12(9-16)4-6-13/h3-6H,7-8,10-11H2,1-2H3,(H,17,19). The Morgan fingerprint density at radius 3 is 2.75 bits per heavy atom. The SMILES string of the molecule is CC1(C)CN(CC(=O)Nc2ccc(C#N)cc2)CCS1. The maximum absolute atomic E-state index is 12.0. The lowest BCUT2D eigenvalue weighted by atomic mass is 10.2. The molecule has 1 aromatic carbocycles. The van der Waals surface area contributed by atoms with Crippen LogP contribution in [0.25, 0.3) is 0 Å². The zero-order valence-electron chi connectivity index (χ0n) is 11.8. The lowest BCUT2D eigenvalue weighted by Gasteiger charge is -2.37. The molecule has 1 N–H and O–H groups in total. The Balaban J connectivity index is 1.87. The highest BCUT2D eigenvalue weighted by molar-refractivity contribution is 8.00. The molecular formula is C15H19N3OS. The van der Waals surface area contributed by atoms with Crippen molar-refractivity contribution in [1.29, 1.82) is 5.26 Å². The van der Waals surface area contributed by atoms with Crippen molar-refractivity contribution >= 4 is 23.4 Å². The fourth-order valence-corrected chi connectivity index (χ4v) is 3.46. The number of rotatable bonds is 3. The predicted molar refractivity (Wildman–Crippen MR) is 82.8 cm³/mol. The third-order valence-electron chi connectivity index (χ3n) is 3.17. The van der Waals surface area contributed by atoms with Gasteiger partial charge in [0, 0.05) is 29.3 Å². The van der Waals surface area contributed by atoms with Crippen molar-refractivity contribution in [2.45, 2.75) is 18.6 Å². The van der Waals surface area contributed by atoms with Gasteiger partial charge >= 0.3 is 0 Å². The second kappa shape index (κ2) is 6.29. The minimum absolute atomic E-state index is 0.00240. The lowest BCUT2D eigenvalue weighted by molar-refractivity contribution is -0.117. The summed E-state index contributed by atoms with van der Waals surface area (Å²) in [4.78, 5) is 14.2. The molecule has 0 aromatic heterocycles. The monoisotopic (exact) mass is 289 g/mol. The van der Waals surface area contributed by atoms with E-state index in [0.717, 1.165) is 24.5 Å². The molecule has 1 amide bonds. The molecule has 1 aliphatic heterocycles. The van der Waals surface area contributed by atoms with Crippen molar-refractivity contribution in [2.75, 3.05) is 30.7 Å². The van der Waals surface area contributed by atoms with Crippen LogP contribution < -0.4 is 5.32 Å². The molecule has 0 radical (unpaired) electrons. The molecule has 1 fully saturated rings. The van der Waals surface area contributed by atoms with Gasteiger partial charge in [-0.1, -0.05) is 0 Å². The highest BCUT2D eigenvalue weighted by Crippen LogP contribution is 2.29. The van der Waals surface area contributed by atoms with E-state index in [2.05, 4.69) is 30.1 Å². The van der Waals surface area contributed by atoms with E-state index in [-0.39, 0.29) is 10.7 Å². The number of carbonyl (C=O) groups excluding carboxylic acids is 1. The van der Waals surface area contributed by atoms with Gasteiger partial charge in [-0.25, -0.2) is 0 Å². The molecule has 106 valence electrons. The summed E-state index contributed by atoms with van der Waals surface area (Å²) in [6.07, 6.45) is 0. The molecule has 5 heteroatoms. The Kier molecular flexibility index (Phi) is 4.69. The zero-order valence-corrected chi connectivity index (χ0v) is 12.7. The van der Waals surface area contributed by atoms with Crippen LogP contribution in [-0.4, -0.2) is 40.9 Å². The predicted octanol–water partition coefficient (Wildman–Crippen LogP) is 2.32. The molecule has 0 atom stereocenters. The number of anilines is 1. The van der Waals surface area contributed by atoms with Gasteiger partial charge in [-0.3, -0.25) is 9.69 Å². The summed E-state index contributed by atoms with van der Waals surface area (Å²) >= 11 is 1.96. The van der Waals surface area contributed by atoms with Crippen LogP contribution >= 0.6 is 11.8 Å². The molecule has 0 aliphatic carbocycles. The number of carbonyl (C=O) groups is 1. The van der Waals surface area contributed by atoms with Crippen LogP contribution in [0.2, 0.25) is 0 Å². The summed E-state index contributed by atoms with van der Waals surface area (Å²) in [6.45, 7) is 6.72. The number of amides is 1. The Hall–Kier alpha value is -1.51. The molecule has 1 aliphatic rings. The van der Waals surface area contributed by atoms with Crippen LogP contribution in [-0.2, 0) is 4.79 Å². The molecule has 4 nitrogen and oxygen atoms in total. The molecule has 0 unspecified atom stereocenters. The van der Waals surface area contributed by atoms with Crippen LogP contribution in [0, 0.1) is 11.3 Å². The Morgan fingerprint density at radius 1 is 1.45 bits per heavy atom. The van der Waals surface area contributed by atoms with Crippen LogP contribution in [0.4, 0.5) is 5.69 Å². The van der Waals surface area contributed by atoms with E-state index in [0.29, 0.717) is 12.1 Å². The minimum atomic E-state index is -0.00240. The van der Waals surface area contributed by atoms with Crippen molar-refractivity contribution in [3.8, 4) is 6.07 Å². The highest BCUT2D eigenvalue weighted by atomic mass is 32.2. The van der Waals surface area contributed by atoms with E-state index in [1.54, 1.807) is 24.3 Å². The second-order valence-corrected chi connectivity index (χ2v) is 7.36. The maximum Gasteiger partial charge on any atom is 0.238 e. The van der Waals surface area contributed by atoms with Crippen molar-refractivity contribution < 1.29 is 4.79 Å². The summed E-state index contributed by atoms with van der Waals surface area (Å²) in [7, 11) is 0. The number of hydrogen-bond acceptors (Lipinski definition) is 4. The van der Waals surface area contributed by atoms with E-state index in [9.17, 15) is 4.79 Å².